The lowest BCUT2D eigenvalue weighted by atomic mass is 10.2. The number of rotatable bonds is 1. The molecule has 0 spiro atoms. The third-order valence-corrected chi connectivity index (χ3v) is 2.65. The van der Waals surface area contributed by atoms with E-state index in [1.54, 1.807) is 29.1 Å². The summed E-state index contributed by atoms with van der Waals surface area (Å²) in [6.07, 6.45) is 5.14. The molecule has 0 bridgehead atoms. The van der Waals surface area contributed by atoms with Crippen LogP contribution in [0, 0.1) is 0 Å². The number of hydrogen-bond acceptors (Lipinski definition) is 4. The van der Waals surface area contributed by atoms with Gasteiger partial charge in [0.25, 0.3) is 0 Å². The number of aromatic nitrogens is 4. The molecule has 0 saturated heterocycles. The summed E-state index contributed by atoms with van der Waals surface area (Å²) in [7, 11) is 0. The Bertz CT molecular complexity index is 677. The Morgan fingerprint density at radius 3 is 2.71 bits per heavy atom. The van der Waals surface area contributed by atoms with Gasteiger partial charge >= 0.3 is 0 Å². The van der Waals surface area contributed by atoms with E-state index in [1.807, 2.05) is 12.1 Å². The zero-order chi connectivity index (χ0) is 11.8. The van der Waals surface area contributed by atoms with E-state index < -0.39 is 0 Å². The van der Waals surface area contributed by atoms with Crippen LogP contribution in [0.25, 0.3) is 17.0 Å². The van der Waals surface area contributed by atoms with Crippen molar-refractivity contribution in [2.24, 2.45) is 0 Å². The SMILES string of the molecule is Nc1cc(Cl)cn2c(-c3ccncc3)nnc12. The number of nitrogens with two attached hydrogens (primary N) is 1. The van der Waals surface area contributed by atoms with Crippen molar-refractivity contribution in [2.45, 2.75) is 0 Å². The molecule has 5 nitrogen and oxygen atoms in total. The van der Waals surface area contributed by atoms with Crippen LogP contribution in [0.2, 0.25) is 5.02 Å². The van der Waals surface area contributed by atoms with Gasteiger partial charge in [0.15, 0.2) is 11.5 Å². The fourth-order valence-corrected chi connectivity index (χ4v) is 1.90. The van der Waals surface area contributed by atoms with E-state index in [9.17, 15) is 0 Å². The van der Waals surface area contributed by atoms with Gasteiger partial charge in [0, 0.05) is 24.2 Å². The van der Waals surface area contributed by atoms with Crippen molar-refractivity contribution in [1.29, 1.82) is 0 Å². The van der Waals surface area contributed by atoms with Crippen LogP contribution in [0.15, 0.2) is 36.8 Å². The summed E-state index contributed by atoms with van der Waals surface area (Å²) in [6.45, 7) is 0. The van der Waals surface area contributed by atoms with Crippen LogP contribution < -0.4 is 5.73 Å². The van der Waals surface area contributed by atoms with Crippen LogP contribution in [0.4, 0.5) is 5.69 Å². The van der Waals surface area contributed by atoms with E-state index in [4.69, 9.17) is 17.3 Å². The van der Waals surface area contributed by atoms with Crippen LogP contribution in [0.5, 0.6) is 0 Å². The molecule has 6 heteroatoms. The molecular formula is C11H8ClN5. The maximum Gasteiger partial charge on any atom is 0.184 e. The second-order valence-corrected chi connectivity index (χ2v) is 4.00. The highest BCUT2D eigenvalue weighted by Crippen LogP contribution is 2.23. The Labute approximate surface area is 102 Å². The fraction of sp³-hybridized carbons (Fsp3) is 0. The van der Waals surface area contributed by atoms with E-state index in [2.05, 4.69) is 15.2 Å². The lowest BCUT2D eigenvalue weighted by Crippen LogP contribution is -1.94. The topological polar surface area (TPSA) is 69.1 Å². The van der Waals surface area contributed by atoms with Gasteiger partial charge in [-0.15, -0.1) is 10.2 Å². The van der Waals surface area contributed by atoms with Crippen molar-refractivity contribution in [2.75, 3.05) is 5.73 Å². The van der Waals surface area contributed by atoms with E-state index in [1.165, 1.54) is 0 Å². The predicted molar refractivity (Wildman–Crippen MR) is 65.6 cm³/mol. The molecule has 0 fully saturated rings. The number of pyridine rings is 2. The Balaban J connectivity index is 2.32. The summed E-state index contributed by atoms with van der Waals surface area (Å²) in [4.78, 5) is 3.96. The zero-order valence-corrected chi connectivity index (χ0v) is 9.46. The molecule has 0 aliphatic rings. The van der Waals surface area contributed by atoms with E-state index in [0.717, 1.165) is 5.56 Å². The van der Waals surface area contributed by atoms with Crippen LogP contribution in [0.1, 0.15) is 0 Å². The highest BCUT2D eigenvalue weighted by molar-refractivity contribution is 6.30. The molecule has 0 aliphatic heterocycles. The molecule has 17 heavy (non-hydrogen) atoms. The average Bonchev–Trinajstić information content (AvgIpc) is 2.74. The van der Waals surface area contributed by atoms with Crippen LogP contribution in [-0.4, -0.2) is 19.6 Å². The fourth-order valence-electron chi connectivity index (χ4n) is 1.68. The smallest absolute Gasteiger partial charge is 0.184 e. The normalized spacial score (nSPS) is 10.9. The molecule has 84 valence electrons. The molecule has 0 amide bonds. The second kappa shape index (κ2) is 3.71. The van der Waals surface area contributed by atoms with Crippen LogP contribution in [-0.2, 0) is 0 Å². The molecule has 0 radical (unpaired) electrons. The molecule has 0 saturated carbocycles. The molecule has 3 aromatic heterocycles. The third kappa shape index (κ3) is 1.60. The maximum atomic E-state index is 5.97. The van der Waals surface area contributed by atoms with Crippen LogP contribution in [0.3, 0.4) is 0 Å². The average molecular weight is 246 g/mol. The minimum Gasteiger partial charge on any atom is -0.396 e. The number of hydrogen-bond donors (Lipinski definition) is 1. The zero-order valence-electron chi connectivity index (χ0n) is 8.71. The first-order chi connectivity index (χ1) is 8.25. The van der Waals surface area contributed by atoms with Crippen molar-refractivity contribution in [3.05, 3.63) is 41.8 Å². The monoisotopic (exact) mass is 245 g/mol. The minimum absolute atomic E-state index is 0.505. The standard InChI is InChI=1S/C11H8ClN5/c12-8-5-9(13)11-16-15-10(17(11)6-8)7-1-3-14-4-2-7/h1-6H,13H2. The van der Waals surface area contributed by atoms with Gasteiger partial charge in [-0.25, -0.2) is 0 Å². The van der Waals surface area contributed by atoms with Gasteiger partial charge in [0.05, 0.1) is 10.7 Å². The summed E-state index contributed by atoms with van der Waals surface area (Å²) in [5.74, 6) is 0.691. The molecule has 3 rings (SSSR count). The van der Waals surface area contributed by atoms with Gasteiger partial charge in [0.1, 0.15) is 0 Å². The van der Waals surface area contributed by atoms with Crippen molar-refractivity contribution in [3.63, 3.8) is 0 Å². The number of halogens is 1. The second-order valence-electron chi connectivity index (χ2n) is 3.57. The molecule has 0 atom stereocenters. The lowest BCUT2D eigenvalue weighted by Gasteiger charge is -2.01. The van der Waals surface area contributed by atoms with Gasteiger partial charge in [-0.3, -0.25) is 9.38 Å². The molecule has 2 N–H and O–H groups in total. The Kier molecular flexibility index (Phi) is 2.19. The van der Waals surface area contributed by atoms with Gasteiger partial charge < -0.3 is 5.73 Å². The number of nitrogens with zero attached hydrogens (tertiary/aromatic N) is 4. The summed E-state index contributed by atoms with van der Waals surface area (Å²) in [5, 5.41) is 8.71. The molecule has 3 heterocycles. The quantitative estimate of drug-likeness (QED) is 0.712. The van der Waals surface area contributed by atoms with E-state index >= 15 is 0 Å². The van der Waals surface area contributed by atoms with E-state index in [0.29, 0.717) is 22.2 Å². The van der Waals surface area contributed by atoms with Gasteiger partial charge in [0.2, 0.25) is 0 Å². The molecular weight excluding hydrogens is 238 g/mol. The third-order valence-electron chi connectivity index (χ3n) is 2.44. The van der Waals surface area contributed by atoms with Crippen molar-refractivity contribution in [3.8, 4) is 11.4 Å². The summed E-state index contributed by atoms with van der Waals surface area (Å²) in [6, 6.07) is 5.36. The van der Waals surface area contributed by atoms with E-state index in [-0.39, 0.29) is 0 Å². The Morgan fingerprint density at radius 1 is 1.18 bits per heavy atom. The molecule has 0 aromatic carbocycles. The van der Waals surface area contributed by atoms with Crippen molar-refractivity contribution in [1.82, 2.24) is 19.6 Å². The van der Waals surface area contributed by atoms with Crippen molar-refractivity contribution >= 4 is 22.9 Å². The van der Waals surface area contributed by atoms with Gasteiger partial charge in [-0.2, -0.15) is 0 Å². The first-order valence-corrected chi connectivity index (χ1v) is 5.33. The maximum absolute atomic E-state index is 5.97. The molecule has 0 aliphatic carbocycles. The highest BCUT2D eigenvalue weighted by atomic mass is 35.5. The first-order valence-electron chi connectivity index (χ1n) is 4.96. The van der Waals surface area contributed by atoms with Crippen molar-refractivity contribution < 1.29 is 0 Å². The minimum atomic E-state index is 0.505. The number of anilines is 1. The Morgan fingerprint density at radius 2 is 1.94 bits per heavy atom. The largest absolute Gasteiger partial charge is 0.396 e. The van der Waals surface area contributed by atoms with Crippen LogP contribution >= 0.6 is 11.6 Å². The van der Waals surface area contributed by atoms with Gasteiger partial charge in [-0.1, -0.05) is 11.6 Å². The first kappa shape index (κ1) is 10.0. The molecule has 0 unspecified atom stereocenters. The summed E-state index contributed by atoms with van der Waals surface area (Å²) < 4.78 is 1.77. The number of nitrogen functional groups attached to an aromatic ring is 1. The lowest BCUT2D eigenvalue weighted by molar-refractivity contribution is 1.11. The number of fused-ring (bicyclic) bond motifs is 1. The summed E-state index contributed by atoms with van der Waals surface area (Å²) >= 11 is 5.97. The summed E-state index contributed by atoms with van der Waals surface area (Å²) in [5.41, 5.74) is 7.84. The highest BCUT2D eigenvalue weighted by Gasteiger charge is 2.10. The molecule has 3 aromatic rings. The van der Waals surface area contributed by atoms with Gasteiger partial charge in [-0.05, 0) is 18.2 Å². The Hall–Kier alpha value is -2.14. The predicted octanol–water partition coefficient (Wildman–Crippen LogP) is 2.03.